The van der Waals surface area contributed by atoms with E-state index in [4.69, 9.17) is 27.9 Å². The van der Waals surface area contributed by atoms with Gasteiger partial charge in [0.05, 0.1) is 21.4 Å². The third-order valence-electron chi connectivity index (χ3n) is 3.17. The van der Waals surface area contributed by atoms with Crippen molar-refractivity contribution in [2.24, 2.45) is 5.10 Å². The van der Waals surface area contributed by atoms with E-state index >= 15 is 0 Å². The summed E-state index contributed by atoms with van der Waals surface area (Å²) in [6, 6.07) is 7.02. The fraction of sp³-hybridized carbons (Fsp3) is 0.133. The number of aromatic nitrogens is 1. The molecule has 1 amide bonds. The van der Waals surface area contributed by atoms with Gasteiger partial charge in [0.25, 0.3) is 5.91 Å². The standard InChI is InChI=1S/C15H12Cl2N4O2/c1-8(20-21-15-11(17)5-10(16)6-18-15)9-2-3-13-12(4-9)19-14(22)7-23-13/h2-6H,7H2,1H3,(H,18,21)(H,19,22)/b20-8-. The molecule has 0 spiro atoms. The molecule has 0 saturated heterocycles. The minimum Gasteiger partial charge on any atom is -0.482 e. The number of rotatable bonds is 3. The van der Waals surface area contributed by atoms with Crippen LogP contribution in [0.15, 0.2) is 35.6 Å². The highest BCUT2D eigenvalue weighted by Crippen LogP contribution is 2.29. The maximum atomic E-state index is 11.4. The molecule has 0 saturated carbocycles. The Kier molecular flexibility index (Phi) is 4.36. The van der Waals surface area contributed by atoms with Crippen molar-refractivity contribution in [2.75, 3.05) is 17.3 Å². The summed E-state index contributed by atoms with van der Waals surface area (Å²) in [6.07, 6.45) is 1.48. The van der Waals surface area contributed by atoms with Crippen LogP contribution in [0.5, 0.6) is 5.75 Å². The quantitative estimate of drug-likeness (QED) is 0.655. The Hall–Kier alpha value is -2.31. The fourth-order valence-corrected chi connectivity index (χ4v) is 2.43. The fourth-order valence-electron chi connectivity index (χ4n) is 2.01. The third-order valence-corrected chi connectivity index (χ3v) is 3.66. The molecule has 0 aliphatic carbocycles. The Labute approximate surface area is 142 Å². The van der Waals surface area contributed by atoms with Crippen molar-refractivity contribution in [3.8, 4) is 5.75 Å². The normalized spacial score (nSPS) is 13.9. The van der Waals surface area contributed by atoms with Gasteiger partial charge >= 0.3 is 0 Å². The van der Waals surface area contributed by atoms with Gasteiger partial charge in [-0.3, -0.25) is 10.2 Å². The van der Waals surface area contributed by atoms with Crippen LogP contribution in [-0.4, -0.2) is 23.2 Å². The summed E-state index contributed by atoms with van der Waals surface area (Å²) >= 11 is 11.8. The second kappa shape index (κ2) is 6.44. The van der Waals surface area contributed by atoms with E-state index in [2.05, 4.69) is 20.8 Å². The zero-order chi connectivity index (χ0) is 16.4. The monoisotopic (exact) mass is 350 g/mol. The lowest BCUT2D eigenvalue weighted by Crippen LogP contribution is -2.25. The van der Waals surface area contributed by atoms with Gasteiger partial charge in [0, 0.05) is 6.20 Å². The van der Waals surface area contributed by atoms with Crippen molar-refractivity contribution >= 4 is 46.3 Å². The lowest BCUT2D eigenvalue weighted by atomic mass is 10.1. The number of carbonyl (C=O) groups excluding carboxylic acids is 1. The lowest BCUT2D eigenvalue weighted by Gasteiger charge is -2.18. The molecule has 8 heteroatoms. The van der Waals surface area contributed by atoms with E-state index in [1.165, 1.54) is 6.20 Å². The summed E-state index contributed by atoms with van der Waals surface area (Å²) in [5, 5.41) is 7.83. The molecule has 2 aromatic rings. The van der Waals surface area contributed by atoms with E-state index < -0.39 is 0 Å². The number of fused-ring (bicyclic) bond motifs is 1. The molecule has 0 fully saturated rings. The molecule has 0 radical (unpaired) electrons. The first-order valence-electron chi connectivity index (χ1n) is 6.71. The molecule has 3 rings (SSSR count). The van der Waals surface area contributed by atoms with Crippen molar-refractivity contribution in [1.29, 1.82) is 0 Å². The summed E-state index contributed by atoms with van der Waals surface area (Å²) in [5.41, 5.74) is 4.94. The molecule has 0 atom stereocenters. The lowest BCUT2D eigenvalue weighted by molar-refractivity contribution is -0.118. The highest BCUT2D eigenvalue weighted by Gasteiger charge is 2.16. The van der Waals surface area contributed by atoms with Crippen molar-refractivity contribution in [1.82, 2.24) is 4.98 Å². The molecule has 1 aliphatic heterocycles. The molecule has 2 heterocycles. The molecule has 0 unspecified atom stereocenters. The number of nitrogens with one attached hydrogen (secondary N) is 2. The van der Waals surface area contributed by atoms with E-state index in [0.29, 0.717) is 33.0 Å². The van der Waals surface area contributed by atoms with Gasteiger partial charge in [0.15, 0.2) is 12.4 Å². The van der Waals surface area contributed by atoms with Crippen LogP contribution in [0.25, 0.3) is 0 Å². The Bertz CT molecular complexity index is 808. The Balaban J connectivity index is 1.81. The predicted molar refractivity (Wildman–Crippen MR) is 90.7 cm³/mol. The van der Waals surface area contributed by atoms with Crippen LogP contribution < -0.4 is 15.5 Å². The van der Waals surface area contributed by atoms with E-state index in [0.717, 1.165) is 5.56 Å². The van der Waals surface area contributed by atoms with Crippen LogP contribution in [0.1, 0.15) is 12.5 Å². The molecule has 1 aliphatic rings. The smallest absolute Gasteiger partial charge is 0.262 e. The second-order valence-electron chi connectivity index (χ2n) is 4.84. The first-order valence-corrected chi connectivity index (χ1v) is 7.47. The minimum atomic E-state index is -0.181. The maximum Gasteiger partial charge on any atom is 0.262 e. The van der Waals surface area contributed by atoms with Gasteiger partial charge in [-0.05, 0) is 36.8 Å². The Morgan fingerprint density at radius 2 is 2.22 bits per heavy atom. The number of carbonyl (C=O) groups is 1. The largest absolute Gasteiger partial charge is 0.482 e. The topological polar surface area (TPSA) is 75.6 Å². The van der Waals surface area contributed by atoms with Crippen LogP contribution >= 0.6 is 23.2 Å². The number of ether oxygens (including phenoxy) is 1. The van der Waals surface area contributed by atoms with Gasteiger partial charge in [0.1, 0.15) is 5.75 Å². The zero-order valence-corrected chi connectivity index (χ0v) is 13.6. The number of halogens is 2. The van der Waals surface area contributed by atoms with Gasteiger partial charge in [-0.25, -0.2) is 4.98 Å². The van der Waals surface area contributed by atoms with Crippen LogP contribution in [-0.2, 0) is 4.79 Å². The van der Waals surface area contributed by atoms with Gasteiger partial charge in [-0.15, -0.1) is 0 Å². The number of hydrazone groups is 1. The molecule has 0 bridgehead atoms. The van der Waals surface area contributed by atoms with Crippen LogP contribution in [0.2, 0.25) is 10.0 Å². The number of hydrogen-bond donors (Lipinski definition) is 2. The first kappa shape index (κ1) is 15.6. The maximum absolute atomic E-state index is 11.4. The second-order valence-corrected chi connectivity index (χ2v) is 5.68. The summed E-state index contributed by atoms with van der Waals surface area (Å²) in [7, 11) is 0. The third kappa shape index (κ3) is 3.55. The van der Waals surface area contributed by atoms with Crippen LogP contribution in [0, 0.1) is 0 Å². The number of benzene rings is 1. The van der Waals surface area contributed by atoms with Crippen molar-refractivity contribution in [3.63, 3.8) is 0 Å². The van der Waals surface area contributed by atoms with Crippen molar-refractivity contribution in [3.05, 3.63) is 46.1 Å². The number of anilines is 2. The SMILES string of the molecule is C/C(=N/Nc1ncc(Cl)cc1Cl)c1ccc2c(c1)NC(=O)CO2. The summed E-state index contributed by atoms with van der Waals surface area (Å²) in [6.45, 7) is 1.85. The molecular formula is C15H12Cl2N4O2. The van der Waals surface area contributed by atoms with Crippen molar-refractivity contribution < 1.29 is 9.53 Å². The number of hydrogen-bond acceptors (Lipinski definition) is 5. The number of pyridine rings is 1. The van der Waals surface area contributed by atoms with E-state index in [1.807, 2.05) is 13.0 Å². The highest BCUT2D eigenvalue weighted by molar-refractivity contribution is 6.35. The molecule has 1 aromatic heterocycles. The Morgan fingerprint density at radius 1 is 1.39 bits per heavy atom. The van der Waals surface area contributed by atoms with E-state index in [1.54, 1.807) is 18.2 Å². The highest BCUT2D eigenvalue weighted by atomic mass is 35.5. The van der Waals surface area contributed by atoms with E-state index in [-0.39, 0.29) is 12.5 Å². The molecule has 6 nitrogen and oxygen atoms in total. The van der Waals surface area contributed by atoms with Gasteiger partial charge in [0.2, 0.25) is 0 Å². The molecular weight excluding hydrogens is 339 g/mol. The van der Waals surface area contributed by atoms with Gasteiger partial charge in [-0.2, -0.15) is 5.10 Å². The average molecular weight is 351 g/mol. The molecule has 2 N–H and O–H groups in total. The van der Waals surface area contributed by atoms with E-state index in [9.17, 15) is 4.79 Å². The minimum absolute atomic E-state index is 0.0295. The van der Waals surface area contributed by atoms with Gasteiger partial charge < -0.3 is 10.1 Å². The molecule has 1 aromatic carbocycles. The molecule has 118 valence electrons. The van der Waals surface area contributed by atoms with Gasteiger partial charge in [-0.1, -0.05) is 23.2 Å². The zero-order valence-electron chi connectivity index (χ0n) is 12.1. The number of nitrogens with zero attached hydrogens (tertiary/aromatic N) is 2. The average Bonchev–Trinajstić information content (AvgIpc) is 2.53. The van der Waals surface area contributed by atoms with Crippen molar-refractivity contribution in [2.45, 2.75) is 6.92 Å². The van der Waals surface area contributed by atoms with Crippen LogP contribution in [0.3, 0.4) is 0 Å². The summed E-state index contributed by atoms with van der Waals surface area (Å²) in [4.78, 5) is 15.4. The predicted octanol–water partition coefficient (Wildman–Crippen LogP) is 3.56. The first-order chi connectivity index (χ1) is 11.0. The summed E-state index contributed by atoms with van der Waals surface area (Å²) in [5.74, 6) is 0.862. The van der Waals surface area contributed by atoms with Crippen LogP contribution in [0.4, 0.5) is 11.5 Å². The number of amides is 1. The molecule has 23 heavy (non-hydrogen) atoms. The Morgan fingerprint density at radius 3 is 3.00 bits per heavy atom. The summed E-state index contributed by atoms with van der Waals surface area (Å²) < 4.78 is 5.32.